The summed E-state index contributed by atoms with van der Waals surface area (Å²) in [6.45, 7) is 4.43. The molecule has 0 spiro atoms. The van der Waals surface area contributed by atoms with E-state index in [9.17, 15) is 5.11 Å². The van der Waals surface area contributed by atoms with Crippen LogP contribution in [0.15, 0.2) is 30.3 Å². The maximum Gasteiger partial charge on any atom is 0.150 e. The highest BCUT2D eigenvalue weighted by Crippen LogP contribution is 2.30. The third-order valence-electron chi connectivity index (χ3n) is 4.93. The Bertz CT molecular complexity index is 671. The number of likely N-dealkylation sites (N-methyl/N-ethyl adjacent to an activating group) is 1. The standard InChI is InChI=1S/C17H23N5O/c1-20-11-14(23)9-15(20)17-19-18-16-12-21(7-8-22(16)17)10-13-5-3-2-4-6-13/h2-6,14-15,23H,7-12H2,1H3/t14-,15+/m1/s1. The number of fused-ring (bicyclic) bond motifs is 1. The molecule has 0 amide bonds. The monoisotopic (exact) mass is 313 g/mol. The maximum atomic E-state index is 9.87. The fourth-order valence-corrected chi connectivity index (χ4v) is 3.73. The molecule has 1 aromatic carbocycles. The molecule has 2 aliphatic heterocycles. The van der Waals surface area contributed by atoms with Crippen molar-refractivity contribution < 1.29 is 5.11 Å². The van der Waals surface area contributed by atoms with E-state index < -0.39 is 0 Å². The molecule has 6 nitrogen and oxygen atoms in total. The molecule has 0 radical (unpaired) electrons. The first-order valence-electron chi connectivity index (χ1n) is 8.27. The number of hydrogen-bond acceptors (Lipinski definition) is 5. The fourth-order valence-electron chi connectivity index (χ4n) is 3.73. The lowest BCUT2D eigenvalue weighted by Gasteiger charge is -2.29. The van der Waals surface area contributed by atoms with E-state index in [0.29, 0.717) is 6.54 Å². The molecule has 6 heteroatoms. The molecule has 1 fully saturated rings. The lowest BCUT2D eigenvalue weighted by atomic mass is 10.1. The van der Waals surface area contributed by atoms with Crippen molar-refractivity contribution in [3.8, 4) is 0 Å². The van der Waals surface area contributed by atoms with E-state index in [1.54, 1.807) is 0 Å². The molecular formula is C17H23N5O. The minimum atomic E-state index is -0.254. The molecule has 1 aromatic heterocycles. The van der Waals surface area contributed by atoms with Crippen LogP contribution in [0.2, 0.25) is 0 Å². The van der Waals surface area contributed by atoms with Crippen LogP contribution in [-0.4, -0.2) is 55.9 Å². The third-order valence-corrected chi connectivity index (χ3v) is 4.93. The average molecular weight is 313 g/mol. The van der Waals surface area contributed by atoms with Crippen LogP contribution in [0, 0.1) is 0 Å². The summed E-state index contributed by atoms with van der Waals surface area (Å²) in [5.41, 5.74) is 1.33. The zero-order chi connectivity index (χ0) is 15.8. The topological polar surface area (TPSA) is 57.4 Å². The molecule has 0 bridgehead atoms. The fraction of sp³-hybridized carbons (Fsp3) is 0.529. The molecule has 2 atom stereocenters. The highest BCUT2D eigenvalue weighted by molar-refractivity contribution is 5.15. The first kappa shape index (κ1) is 14.8. The third kappa shape index (κ3) is 2.89. The number of nitrogens with zero attached hydrogens (tertiary/aromatic N) is 5. The summed E-state index contributed by atoms with van der Waals surface area (Å²) in [4.78, 5) is 4.59. The first-order chi connectivity index (χ1) is 11.2. The van der Waals surface area contributed by atoms with Crippen molar-refractivity contribution in [3.05, 3.63) is 47.5 Å². The van der Waals surface area contributed by atoms with Crippen molar-refractivity contribution in [1.29, 1.82) is 0 Å². The molecule has 0 saturated carbocycles. The quantitative estimate of drug-likeness (QED) is 0.917. The lowest BCUT2D eigenvalue weighted by Crippen LogP contribution is -2.34. The van der Waals surface area contributed by atoms with Gasteiger partial charge in [0.25, 0.3) is 0 Å². The van der Waals surface area contributed by atoms with Gasteiger partial charge in [0.2, 0.25) is 0 Å². The Morgan fingerprint density at radius 2 is 2.00 bits per heavy atom. The molecule has 1 N–H and O–H groups in total. The van der Waals surface area contributed by atoms with Gasteiger partial charge in [-0.15, -0.1) is 10.2 Å². The van der Waals surface area contributed by atoms with Crippen molar-refractivity contribution in [2.24, 2.45) is 0 Å². The van der Waals surface area contributed by atoms with Crippen LogP contribution in [0.1, 0.15) is 29.7 Å². The van der Waals surface area contributed by atoms with Crippen molar-refractivity contribution >= 4 is 0 Å². The Labute approximate surface area is 136 Å². The molecular weight excluding hydrogens is 290 g/mol. The van der Waals surface area contributed by atoms with Crippen LogP contribution in [0.5, 0.6) is 0 Å². The summed E-state index contributed by atoms with van der Waals surface area (Å²) >= 11 is 0. The van der Waals surface area contributed by atoms with Gasteiger partial charge in [0.15, 0.2) is 5.82 Å². The van der Waals surface area contributed by atoms with E-state index in [4.69, 9.17) is 0 Å². The lowest BCUT2D eigenvalue weighted by molar-refractivity contribution is 0.182. The predicted molar refractivity (Wildman–Crippen MR) is 86.6 cm³/mol. The van der Waals surface area contributed by atoms with Gasteiger partial charge in [-0.3, -0.25) is 9.80 Å². The van der Waals surface area contributed by atoms with E-state index >= 15 is 0 Å². The van der Waals surface area contributed by atoms with Crippen molar-refractivity contribution in [3.63, 3.8) is 0 Å². The maximum absolute atomic E-state index is 9.87. The van der Waals surface area contributed by atoms with Crippen LogP contribution in [-0.2, 0) is 19.6 Å². The van der Waals surface area contributed by atoms with Gasteiger partial charge in [0.05, 0.1) is 18.7 Å². The normalized spacial score (nSPS) is 25.7. The summed E-state index contributed by atoms with van der Waals surface area (Å²) in [5, 5.41) is 18.7. The Morgan fingerprint density at radius 3 is 2.74 bits per heavy atom. The number of β-amino-alcohol motifs (C(OH)–C–C–N with tert-alkyl or cyclic N) is 1. The molecule has 2 aromatic rings. The number of benzene rings is 1. The van der Waals surface area contributed by atoms with Gasteiger partial charge in [0, 0.05) is 26.2 Å². The number of aliphatic hydroxyl groups is 1. The molecule has 0 unspecified atom stereocenters. The number of hydrogen-bond donors (Lipinski definition) is 1. The highest BCUT2D eigenvalue weighted by Gasteiger charge is 2.34. The highest BCUT2D eigenvalue weighted by atomic mass is 16.3. The predicted octanol–water partition coefficient (Wildman–Crippen LogP) is 1.03. The number of aromatic nitrogens is 3. The van der Waals surface area contributed by atoms with Crippen LogP contribution in [0.4, 0.5) is 0 Å². The zero-order valence-corrected chi connectivity index (χ0v) is 13.5. The van der Waals surface area contributed by atoms with Gasteiger partial charge in [0.1, 0.15) is 5.82 Å². The summed E-state index contributed by atoms with van der Waals surface area (Å²) in [5.74, 6) is 2.05. The zero-order valence-electron chi connectivity index (χ0n) is 13.5. The van der Waals surface area contributed by atoms with E-state index in [-0.39, 0.29) is 12.1 Å². The molecule has 4 rings (SSSR count). The van der Waals surface area contributed by atoms with Crippen LogP contribution < -0.4 is 0 Å². The summed E-state index contributed by atoms with van der Waals surface area (Å²) in [6.07, 6.45) is 0.499. The van der Waals surface area contributed by atoms with Crippen molar-refractivity contribution in [2.75, 3.05) is 20.1 Å². The second-order valence-electron chi connectivity index (χ2n) is 6.67. The Hall–Kier alpha value is -1.76. The summed E-state index contributed by atoms with van der Waals surface area (Å²) < 4.78 is 2.25. The van der Waals surface area contributed by atoms with Gasteiger partial charge in [-0.05, 0) is 19.0 Å². The largest absolute Gasteiger partial charge is 0.392 e. The molecule has 3 heterocycles. The first-order valence-corrected chi connectivity index (χ1v) is 8.27. The SMILES string of the molecule is CN1C[C@H](O)C[C@H]1c1nnc2n1CCN(Cc1ccccc1)C2. The summed E-state index contributed by atoms with van der Waals surface area (Å²) in [6, 6.07) is 10.7. The second kappa shape index (κ2) is 6.03. The Balaban J connectivity index is 1.49. The number of likely N-dealkylation sites (tertiary alicyclic amines) is 1. The molecule has 2 aliphatic rings. The van der Waals surface area contributed by atoms with Crippen LogP contribution in [0.3, 0.4) is 0 Å². The van der Waals surface area contributed by atoms with Gasteiger partial charge in [-0.2, -0.15) is 0 Å². The van der Waals surface area contributed by atoms with E-state index in [0.717, 1.165) is 44.2 Å². The number of aliphatic hydroxyl groups excluding tert-OH is 1. The Kier molecular flexibility index (Phi) is 3.88. The van der Waals surface area contributed by atoms with E-state index in [2.05, 4.69) is 54.9 Å². The molecule has 23 heavy (non-hydrogen) atoms. The molecule has 1 saturated heterocycles. The van der Waals surface area contributed by atoms with Gasteiger partial charge in [-0.1, -0.05) is 30.3 Å². The minimum Gasteiger partial charge on any atom is -0.392 e. The van der Waals surface area contributed by atoms with Crippen LogP contribution in [0.25, 0.3) is 0 Å². The minimum absolute atomic E-state index is 0.187. The Morgan fingerprint density at radius 1 is 1.17 bits per heavy atom. The summed E-state index contributed by atoms with van der Waals surface area (Å²) in [7, 11) is 2.05. The van der Waals surface area contributed by atoms with Crippen molar-refractivity contribution in [2.45, 2.75) is 38.2 Å². The van der Waals surface area contributed by atoms with E-state index in [1.807, 2.05) is 7.05 Å². The molecule has 122 valence electrons. The number of rotatable bonds is 3. The van der Waals surface area contributed by atoms with Gasteiger partial charge in [-0.25, -0.2) is 0 Å². The van der Waals surface area contributed by atoms with Crippen LogP contribution >= 0.6 is 0 Å². The smallest absolute Gasteiger partial charge is 0.150 e. The molecule has 0 aliphatic carbocycles. The van der Waals surface area contributed by atoms with Gasteiger partial charge < -0.3 is 9.67 Å². The van der Waals surface area contributed by atoms with E-state index in [1.165, 1.54) is 5.56 Å². The average Bonchev–Trinajstić information content (AvgIpc) is 3.10. The van der Waals surface area contributed by atoms with Gasteiger partial charge >= 0.3 is 0 Å². The second-order valence-corrected chi connectivity index (χ2v) is 6.67. The van der Waals surface area contributed by atoms with Crippen molar-refractivity contribution in [1.82, 2.24) is 24.6 Å².